The Morgan fingerprint density at radius 1 is 1.06 bits per heavy atom. The van der Waals surface area contributed by atoms with Crippen molar-refractivity contribution < 1.29 is 4.42 Å². The molecular formula is C28H17BrN4O2. The van der Waals surface area contributed by atoms with Gasteiger partial charge in [0.2, 0.25) is 5.82 Å². The van der Waals surface area contributed by atoms with Crippen LogP contribution in [0.15, 0.2) is 97.8 Å². The van der Waals surface area contributed by atoms with Gasteiger partial charge in [-0.2, -0.15) is 9.78 Å². The molecule has 168 valence electrons. The van der Waals surface area contributed by atoms with Crippen LogP contribution in [0.4, 0.5) is 0 Å². The van der Waals surface area contributed by atoms with Crippen LogP contribution in [0, 0.1) is 12.3 Å². The summed E-state index contributed by atoms with van der Waals surface area (Å²) in [7, 11) is 0. The van der Waals surface area contributed by atoms with Crippen molar-refractivity contribution in [2.75, 3.05) is 0 Å². The predicted molar refractivity (Wildman–Crippen MR) is 143 cm³/mol. The van der Waals surface area contributed by atoms with Crippen LogP contribution in [0.3, 0.4) is 0 Å². The fourth-order valence-electron chi connectivity index (χ4n) is 4.24. The van der Waals surface area contributed by atoms with E-state index < -0.39 is 0 Å². The summed E-state index contributed by atoms with van der Waals surface area (Å²) in [6.45, 7) is 0.436. The molecule has 0 fully saturated rings. The molecule has 0 saturated heterocycles. The minimum atomic E-state index is -0.282. The van der Waals surface area contributed by atoms with Gasteiger partial charge < -0.3 is 8.98 Å². The second-order valence-electron chi connectivity index (χ2n) is 8.04. The SMILES string of the molecule is C#CCn1cc(C=Nn2c(-c3cc4cc(Br)ccc4o3)nc3ccccc3c2=O)c2ccccc21. The fraction of sp³-hybridized carbons (Fsp3) is 0.0357. The molecule has 0 aliphatic heterocycles. The molecular weight excluding hydrogens is 504 g/mol. The summed E-state index contributed by atoms with van der Waals surface area (Å²) in [6.07, 6.45) is 9.15. The van der Waals surface area contributed by atoms with Gasteiger partial charge in [-0.3, -0.25) is 4.79 Å². The second-order valence-corrected chi connectivity index (χ2v) is 8.96. The summed E-state index contributed by atoms with van der Waals surface area (Å²) in [6, 6.07) is 22.7. The van der Waals surface area contributed by atoms with Crippen molar-refractivity contribution in [3.8, 4) is 23.9 Å². The molecule has 0 saturated carbocycles. The monoisotopic (exact) mass is 520 g/mol. The molecule has 0 aliphatic carbocycles. The van der Waals surface area contributed by atoms with Crippen LogP contribution < -0.4 is 5.56 Å². The van der Waals surface area contributed by atoms with Crippen molar-refractivity contribution in [1.29, 1.82) is 0 Å². The van der Waals surface area contributed by atoms with Gasteiger partial charge in [-0.15, -0.1) is 6.42 Å². The molecule has 6 nitrogen and oxygen atoms in total. The number of benzene rings is 3. The Morgan fingerprint density at radius 3 is 2.71 bits per heavy atom. The molecule has 6 aromatic rings. The number of furan rings is 1. The predicted octanol–water partition coefficient (Wildman–Crippen LogP) is 6.04. The summed E-state index contributed by atoms with van der Waals surface area (Å²) in [4.78, 5) is 18.3. The molecule has 0 radical (unpaired) electrons. The molecule has 7 heteroatoms. The highest BCUT2D eigenvalue weighted by molar-refractivity contribution is 9.10. The van der Waals surface area contributed by atoms with Crippen molar-refractivity contribution in [3.05, 3.63) is 99.4 Å². The average molecular weight is 521 g/mol. The Morgan fingerprint density at radius 2 is 1.86 bits per heavy atom. The van der Waals surface area contributed by atoms with Crippen LogP contribution in [0.5, 0.6) is 0 Å². The topological polar surface area (TPSA) is 65.3 Å². The molecule has 6 rings (SSSR count). The maximum Gasteiger partial charge on any atom is 0.282 e. The van der Waals surface area contributed by atoms with E-state index in [9.17, 15) is 4.79 Å². The van der Waals surface area contributed by atoms with E-state index in [1.807, 2.05) is 71.4 Å². The zero-order valence-corrected chi connectivity index (χ0v) is 19.9. The first-order valence-electron chi connectivity index (χ1n) is 10.9. The highest BCUT2D eigenvalue weighted by atomic mass is 79.9. The minimum absolute atomic E-state index is 0.282. The van der Waals surface area contributed by atoms with Gasteiger partial charge >= 0.3 is 0 Å². The molecule has 0 amide bonds. The Balaban J connectivity index is 1.57. The quantitative estimate of drug-likeness (QED) is 0.210. The normalized spacial score (nSPS) is 11.7. The van der Waals surface area contributed by atoms with Gasteiger partial charge in [0, 0.05) is 32.5 Å². The van der Waals surface area contributed by atoms with Gasteiger partial charge in [-0.1, -0.05) is 52.2 Å². The van der Waals surface area contributed by atoms with Crippen molar-refractivity contribution in [3.63, 3.8) is 0 Å². The molecule has 0 N–H and O–H groups in total. The smallest absolute Gasteiger partial charge is 0.282 e. The maximum atomic E-state index is 13.5. The molecule has 35 heavy (non-hydrogen) atoms. The van der Waals surface area contributed by atoms with E-state index in [4.69, 9.17) is 15.8 Å². The number of hydrogen-bond acceptors (Lipinski definition) is 4. The van der Waals surface area contributed by atoms with Crippen LogP contribution in [0.2, 0.25) is 0 Å². The van der Waals surface area contributed by atoms with Crippen LogP contribution in [-0.2, 0) is 6.54 Å². The molecule has 0 spiro atoms. The number of fused-ring (bicyclic) bond motifs is 3. The lowest BCUT2D eigenvalue weighted by atomic mass is 10.2. The van der Waals surface area contributed by atoms with E-state index in [0.717, 1.165) is 26.3 Å². The van der Waals surface area contributed by atoms with Gasteiger partial charge in [-0.05, 0) is 42.5 Å². The zero-order chi connectivity index (χ0) is 23.9. The van der Waals surface area contributed by atoms with Crippen LogP contribution >= 0.6 is 15.9 Å². The number of para-hydroxylation sites is 2. The van der Waals surface area contributed by atoms with E-state index in [-0.39, 0.29) is 5.56 Å². The number of rotatable bonds is 4. The summed E-state index contributed by atoms with van der Waals surface area (Å²) in [5, 5.41) is 6.95. The first kappa shape index (κ1) is 21.1. The maximum absolute atomic E-state index is 13.5. The minimum Gasteiger partial charge on any atom is -0.453 e. The van der Waals surface area contributed by atoms with Crippen LogP contribution in [0.25, 0.3) is 44.4 Å². The first-order valence-corrected chi connectivity index (χ1v) is 11.7. The first-order chi connectivity index (χ1) is 17.1. The van der Waals surface area contributed by atoms with E-state index >= 15 is 0 Å². The zero-order valence-electron chi connectivity index (χ0n) is 18.4. The van der Waals surface area contributed by atoms with Gasteiger partial charge in [0.15, 0.2) is 5.76 Å². The fourth-order valence-corrected chi connectivity index (χ4v) is 4.62. The molecule has 0 aliphatic rings. The molecule has 3 heterocycles. The lowest BCUT2D eigenvalue weighted by Crippen LogP contribution is -2.20. The van der Waals surface area contributed by atoms with Gasteiger partial charge in [-0.25, -0.2) is 4.98 Å². The third-order valence-electron chi connectivity index (χ3n) is 5.85. The van der Waals surface area contributed by atoms with Crippen LogP contribution in [0.1, 0.15) is 5.56 Å². The van der Waals surface area contributed by atoms with E-state index in [0.29, 0.717) is 34.6 Å². The highest BCUT2D eigenvalue weighted by Gasteiger charge is 2.17. The van der Waals surface area contributed by atoms with Crippen molar-refractivity contribution in [2.24, 2.45) is 5.10 Å². The standard InChI is InChI=1S/C28H17BrN4O2/c1-2-13-32-17-19(21-7-4-6-10-24(21)32)16-30-33-27(31-23-9-5-3-8-22(23)28(33)34)26-15-18-14-20(29)11-12-25(18)35-26/h1,3-12,14-17H,13H2. The Bertz CT molecular complexity index is 1890. The Hall–Kier alpha value is -4.41. The lowest BCUT2D eigenvalue weighted by molar-refractivity contribution is 0.616. The van der Waals surface area contributed by atoms with E-state index in [2.05, 4.69) is 27.0 Å². The van der Waals surface area contributed by atoms with Crippen molar-refractivity contribution in [2.45, 2.75) is 6.54 Å². The number of aromatic nitrogens is 3. The third-order valence-corrected chi connectivity index (χ3v) is 6.34. The largest absolute Gasteiger partial charge is 0.453 e. The lowest BCUT2D eigenvalue weighted by Gasteiger charge is -2.07. The third kappa shape index (κ3) is 3.65. The summed E-state index contributed by atoms with van der Waals surface area (Å²) >= 11 is 3.49. The number of terminal acetylenes is 1. The van der Waals surface area contributed by atoms with Crippen molar-refractivity contribution in [1.82, 2.24) is 14.2 Å². The summed E-state index contributed by atoms with van der Waals surface area (Å²) < 4.78 is 10.3. The number of halogens is 1. The van der Waals surface area contributed by atoms with Gasteiger partial charge in [0.05, 0.1) is 23.7 Å². The van der Waals surface area contributed by atoms with E-state index in [1.165, 1.54) is 4.68 Å². The highest BCUT2D eigenvalue weighted by Crippen LogP contribution is 2.29. The van der Waals surface area contributed by atoms with E-state index in [1.54, 1.807) is 18.3 Å². The molecule has 0 bridgehead atoms. The van der Waals surface area contributed by atoms with Gasteiger partial charge in [0.25, 0.3) is 5.56 Å². The Labute approximate surface area is 208 Å². The van der Waals surface area contributed by atoms with Crippen LogP contribution in [-0.4, -0.2) is 20.4 Å². The van der Waals surface area contributed by atoms with Crippen molar-refractivity contribution >= 4 is 54.9 Å². The summed E-state index contributed by atoms with van der Waals surface area (Å²) in [5.41, 5.74) is 2.83. The number of nitrogens with zero attached hydrogens (tertiary/aromatic N) is 4. The second kappa shape index (κ2) is 8.42. The molecule has 0 atom stereocenters. The number of hydrogen-bond donors (Lipinski definition) is 0. The molecule has 0 unspecified atom stereocenters. The Kier molecular flexibility index (Phi) is 5.09. The van der Waals surface area contributed by atoms with Gasteiger partial charge in [0.1, 0.15) is 5.58 Å². The molecule has 3 aromatic carbocycles. The average Bonchev–Trinajstić information content (AvgIpc) is 3.45. The molecule has 3 aromatic heterocycles. The summed E-state index contributed by atoms with van der Waals surface area (Å²) in [5.74, 6) is 3.45.